The number of piperidine rings is 1. The van der Waals surface area contributed by atoms with Gasteiger partial charge in [0.25, 0.3) is 5.91 Å². The van der Waals surface area contributed by atoms with Gasteiger partial charge in [0.1, 0.15) is 23.4 Å². The monoisotopic (exact) mass is 450 g/mol. The van der Waals surface area contributed by atoms with Crippen molar-refractivity contribution in [3.8, 4) is 5.75 Å². The van der Waals surface area contributed by atoms with Crippen LogP contribution in [-0.4, -0.2) is 46.5 Å². The molecule has 2 amide bonds. The molecule has 1 atom stereocenters. The number of hydrogen-bond donors (Lipinski definition) is 1. The number of benzene rings is 2. The Morgan fingerprint density at radius 3 is 2.45 bits per heavy atom. The van der Waals surface area contributed by atoms with Crippen molar-refractivity contribution in [1.82, 2.24) is 19.8 Å². The van der Waals surface area contributed by atoms with Gasteiger partial charge in [0, 0.05) is 49.6 Å². The average Bonchev–Trinajstić information content (AvgIpc) is 3.28. The lowest BCUT2D eigenvalue weighted by molar-refractivity contribution is -0.126. The Morgan fingerprint density at radius 1 is 1.12 bits per heavy atom. The molecule has 0 radical (unpaired) electrons. The first kappa shape index (κ1) is 22.5. The molecule has 0 aliphatic carbocycles. The van der Waals surface area contributed by atoms with E-state index in [1.807, 2.05) is 42.1 Å². The number of aromatic nitrogens is 2. The summed E-state index contributed by atoms with van der Waals surface area (Å²) >= 11 is 0. The van der Waals surface area contributed by atoms with Crippen LogP contribution in [0.1, 0.15) is 40.6 Å². The first-order valence-corrected chi connectivity index (χ1v) is 10.9. The fourth-order valence-corrected chi connectivity index (χ4v) is 4.22. The Kier molecular flexibility index (Phi) is 6.72. The third-order valence-electron chi connectivity index (χ3n) is 6.10. The van der Waals surface area contributed by atoms with Gasteiger partial charge >= 0.3 is 0 Å². The van der Waals surface area contributed by atoms with Crippen LogP contribution in [-0.2, 0) is 11.8 Å². The topological polar surface area (TPSA) is 76.5 Å². The van der Waals surface area contributed by atoms with E-state index in [0.717, 1.165) is 5.56 Å². The number of amides is 2. The summed E-state index contributed by atoms with van der Waals surface area (Å²) < 4.78 is 20.6. The van der Waals surface area contributed by atoms with Gasteiger partial charge in [0.2, 0.25) is 5.91 Å². The molecule has 2 heterocycles. The minimum atomic E-state index is -0.465. The molecule has 172 valence electrons. The Bertz CT molecular complexity index is 1120. The molecule has 1 N–H and O–H groups in total. The summed E-state index contributed by atoms with van der Waals surface area (Å²) in [6, 6.07) is 12.6. The van der Waals surface area contributed by atoms with Gasteiger partial charge in [0.15, 0.2) is 0 Å². The minimum Gasteiger partial charge on any atom is -0.496 e. The van der Waals surface area contributed by atoms with Gasteiger partial charge in [-0.15, -0.1) is 0 Å². The zero-order valence-corrected chi connectivity index (χ0v) is 18.7. The van der Waals surface area contributed by atoms with Crippen LogP contribution in [0.3, 0.4) is 0 Å². The molecule has 33 heavy (non-hydrogen) atoms. The number of para-hydroxylation sites is 1. The summed E-state index contributed by atoms with van der Waals surface area (Å²) in [6.07, 6.45) is 4.64. The number of rotatable bonds is 6. The molecule has 8 heteroatoms. The average molecular weight is 451 g/mol. The second-order valence-corrected chi connectivity index (χ2v) is 8.15. The van der Waals surface area contributed by atoms with E-state index in [1.165, 1.54) is 24.3 Å². The maximum Gasteiger partial charge on any atom is 0.253 e. The van der Waals surface area contributed by atoms with Crippen LogP contribution in [0.2, 0.25) is 0 Å². The lowest BCUT2D eigenvalue weighted by atomic mass is 9.94. The van der Waals surface area contributed by atoms with Gasteiger partial charge in [-0.2, -0.15) is 0 Å². The summed E-state index contributed by atoms with van der Waals surface area (Å²) in [5.41, 5.74) is 1.27. The van der Waals surface area contributed by atoms with Gasteiger partial charge < -0.3 is 19.5 Å². The molecule has 0 saturated carbocycles. The van der Waals surface area contributed by atoms with E-state index in [9.17, 15) is 14.0 Å². The molecule has 4 rings (SSSR count). The fourth-order valence-electron chi connectivity index (χ4n) is 4.22. The molecule has 0 unspecified atom stereocenters. The normalized spacial score (nSPS) is 15.2. The van der Waals surface area contributed by atoms with Crippen LogP contribution in [0.4, 0.5) is 4.39 Å². The summed E-state index contributed by atoms with van der Waals surface area (Å²) in [7, 11) is 3.49. The van der Waals surface area contributed by atoms with Crippen LogP contribution >= 0.6 is 0 Å². The Hall–Kier alpha value is -3.68. The summed E-state index contributed by atoms with van der Waals surface area (Å²) in [6.45, 7) is 0.937. The lowest BCUT2D eigenvalue weighted by Crippen LogP contribution is -2.44. The molecule has 1 fully saturated rings. The first-order valence-electron chi connectivity index (χ1n) is 10.9. The van der Waals surface area contributed by atoms with E-state index in [1.54, 1.807) is 18.2 Å². The van der Waals surface area contributed by atoms with Gasteiger partial charge in [-0.25, -0.2) is 9.37 Å². The van der Waals surface area contributed by atoms with E-state index >= 15 is 0 Å². The number of ether oxygens (including phenoxy) is 1. The standard InChI is InChI=1S/C25H27FN4O3/c1-29-16-13-27-23(29)22(20-5-3-4-6-21(20)33-2)28-24(31)17-11-14-30(15-12-17)25(32)18-7-9-19(26)10-8-18/h3-10,13,16-17,22H,11-12,14-15H2,1-2H3,(H,28,31)/t22-/m1/s1. The van der Waals surface area contributed by atoms with Crippen molar-refractivity contribution >= 4 is 11.8 Å². The minimum absolute atomic E-state index is 0.0808. The predicted octanol–water partition coefficient (Wildman–Crippen LogP) is 3.33. The predicted molar refractivity (Wildman–Crippen MR) is 121 cm³/mol. The number of carbonyl (C=O) groups excluding carboxylic acids is 2. The second-order valence-electron chi connectivity index (χ2n) is 8.15. The highest BCUT2D eigenvalue weighted by Crippen LogP contribution is 2.30. The molecule has 1 aliphatic rings. The van der Waals surface area contributed by atoms with E-state index in [-0.39, 0.29) is 23.5 Å². The van der Waals surface area contributed by atoms with Gasteiger partial charge in [-0.05, 0) is 43.2 Å². The van der Waals surface area contributed by atoms with E-state index in [4.69, 9.17) is 4.74 Å². The Balaban J connectivity index is 1.45. The van der Waals surface area contributed by atoms with Crippen molar-refractivity contribution in [1.29, 1.82) is 0 Å². The molecule has 0 bridgehead atoms. The lowest BCUT2D eigenvalue weighted by Gasteiger charge is -2.32. The van der Waals surface area contributed by atoms with Crippen LogP contribution in [0.25, 0.3) is 0 Å². The molecule has 3 aromatic rings. The molecular weight excluding hydrogens is 423 g/mol. The quantitative estimate of drug-likeness (QED) is 0.625. The molecule has 7 nitrogen and oxygen atoms in total. The van der Waals surface area contributed by atoms with Crippen molar-refractivity contribution in [3.63, 3.8) is 0 Å². The van der Waals surface area contributed by atoms with E-state index in [0.29, 0.717) is 43.1 Å². The van der Waals surface area contributed by atoms with Gasteiger partial charge in [-0.1, -0.05) is 18.2 Å². The van der Waals surface area contributed by atoms with Crippen molar-refractivity contribution in [3.05, 3.63) is 83.7 Å². The van der Waals surface area contributed by atoms with Crippen LogP contribution in [0.5, 0.6) is 5.75 Å². The number of aryl methyl sites for hydroxylation is 1. The molecule has 0 spiro atoms. The highest BCUT2D eigenvalue weighted by molar-refractivity contribution is 5.94. The summed E-state index contributed by atoms with van der Waals surface area (Å²) in [5, 5.41) is 3.16. The number of carbonyl (C=O) groups is 2. The van der Waals surface area contributed by atoms with Crippen molar-refractivity contribution in [2.24, 2.45) is 13.0 Å². The summed E-state index contributed by atoms with van der Waals surface area (Å²) in [5.74, 6) is 0.554. The van der Waals surface area contributed by atoms with Crippen molar-refractivity contribution < 1.29 is 18.7 Å². The molecule has 1 aromatic heterocycles. The third kappa shape index (κ3) is 4.89. The maximum absolute atomic E-state index is 13.2. The first-order chi connectivity index (χ1) is 16.0. The number of hydrogen-bond acceptors (Lipinski definition) is 4. The van der Waals surface area contributed by atoms with Crippen LogP contribution in [0, 0.1) is 11.7 Å². The Labute approximate surface area is 192 Å². The highest BCUT2D eigenvalue weighted by atomic mass is 19.1. The number of likely N-dealkylation sites (tertiary alicyclic amines) is 1. The fraction of sp³-hybridized carbons (Fsp3) is 0.320. The van der Waals surface area contributed by atoms with Crippen LogP contribution < -0.4 is 10.1 Å². The molecule has 2 aromatic carbocycles. The number of halogens is 1. The molecule has 1 saturated heterocycles. The zero-order chi connectivity index (χ0) is 23.4. The molecule has 1 aliphatic heterocycles. The number of nitrogens with zero attached hydrogens (tertiary/aromatic N) is 3. The number of methoxy groups -OCH3 is 1. The van der Waals surface area contributed by atoms with Gasteiger partial charge in [0.05, 0.1) is 7.11 Å². The third-order valence-corrected chi connectivity index (χ3v) is 6.10. The number of imidazole rings is 1. The zero-order valence-electron chi connectivity index (χ0n) is 18.7. The van der Waals surface area contributed by atoms with E-state index in [2.05, 4.69) is 10.3 Å². The number of nitrogens with one attached hydrogen (secondary N) is 1. The summed E-state index contributed by atoms with van der Waals surface area (Å²) in [4.78, 5) is 32.1. The molecular formula is C25H27FN4O3. The highest BCUT2D eigenvalue weighted by Gasteiger charge is 2.31. The maximum atomic E-state index is 13.2. The van der Waals surface area contributed by atoms with E-state index < -0.39 is 6.04 Å². The van der Waals surface area contributed by atoms with Crippen LogP contribution in [0.15, 0.2) is 60.9 Å². The SMILES string of the molecule is COc1ccccc1[C@@H](NC(=O)C1CCN(C(=O)c2ccc(F)cc2)CC1)c1nccn1C. The second kappa shape index (κ2) is 9.85. The largest absolute Gasteiger partial charge is 0.496 e. The van der Waals surface area contributed by atoms with Crippen molar-refractivity contribution in [2.45, 2.75) is 18.9 Å². The van der Waals surface area contributed by atoms with Crippen molar-refractivity contribution in [2.75, 3.05) is 20.2 Å². The smallest absolute Gasteiger partial charge is 0.253 e. The Morgan fingerprint density at radius 2 is 1.82 bits per heavy atom. The van der Waals surface area contributed by atoms with Gasteiger partial charge in [-0.3, -0.25) is 9.59 Å².